The first kappa shape index (κ1) is 17.1. The lowest BCUT2D eigenvalue weighted by Crippen LogP contribution is -2.32. The average molecular weight is 311 g/mol. The number of amides is 1. The number of anilines is 1. The van der Waals surface area contributed by atoms with Gasteiger partial charge in [-0.2, -0.15) is 0 Å². The molecule has 0 spiro atoms. The van der Waals surface area contributed by atoms with Gasteiger partial charge in [-0.1, -0.05) is 44.2 Å². The first-order valence-corrected chi connectivity index (χ1v) is 8.18. The van der Waals surface area contributed by atoms with Crippen LogP contribution in [-0.4, -0.2) is 12.0 Å². The predicted molar refractivity (Wildman–Crippen MR) is 95.1 cm³/mol. The lowest BCUT2D eigenvalue weighted by Gasteiger charge is -2.20. The Labute approximate surface area is 138 Å². The average Bonchev–Trinajstić information content (AvgIpc) is 2.56. The van der Waals surface area contributed by atoms with Crippen molar-refractivity contribution in [2.75, 3.05) is 5.32 Å². The summed E-state index contributed by atoms with van der Waals surface area (Å²) in [4.78, 5) is 12.6. The highest BCUT2D eigenvalue weighted by atomic mass is 16.5. The molecule has 3 nitrogen and oxygen atoms in total. The normalized spacial score (nSPS) is 11.8. The van der Waals surface area contributed by atoms with Gasteiger partial charge in [0.05, 0.1) is 0 Å². The molecule has 122 valence electrons. The second-order valence-electron chi connectivity index (χ2n) is 5.71. The SMILES string of the molecule is CCc1ccccc1NC(=O)C(CC)Oc1cccc(C)c1C. The summed E-state index contributed by atoms with van der Waals surface area (Å²) in [6.07, 6.45) is 0.999. The van der Waals surface area contributed by atoms with Crippen LogP contribution in [0.15, 0.2) is 42.5 Å². The maximum Gasteiger partial charge on any atom is 0.265 e. The summed E-state index contributed by atoms with van der Waals surface area (Å²) in [5.41, 5.74) is 4.23. The van der Waals surface area contributed by atoms with Gasteiger partial charge in [0, 0.05) is 5.69 Å². The summed E-state index contributed by atoms with van der Waals surface area (Å²) in [6, 6.07) is 13.8. The Hall–Kier alpha value is -2.29. The number of benzene rings is 2. The van der Waals surface area contributed by atoms with Gasteiger partial charge in [-0.05, 0) is 55.5 Å². The van der Waals surface area contributed by atoms with Crippen molar-refractivity contribution in [1.82, 2.24) is 0 Å². The number of para-hydroxylation sites is 1. The zero-order chi connectivity index (χ0) is 16.8. The number of carbonyl (C=O) groups is 1. The van der Waals surface area contributed by atoms with Crippen LogP contribution in [0.25, 0.3) is 0 Å². The Bertz CT molecular complexity index is 679. The first-order valence-electron chi connectivity index (χ1n) is 8.18. The maximum atomic E-state index is 12.6. The fourth-order valence-corrected chi connectivity index (χ4v) is 2.49. The van der Waals surface area contributed by atoms with Crippen molar-refractivity contribution in [2.45, 2.75) is 46.6 Å². The molecule has 0 bridgehead atoms. The Morgan fingerprint density at radius 1 is 1.09 bits per heavy atom. The molecule has 1 N–H and O–H groups in total. The van der Waals surface area contributed by atoms with E-state index in [1.807, 2.05) is 63.2 Å². The summed E-state index contributed by atoms with van der Waals surface area (Å²) >= 11 is 0. The molecule has 3 heteroatoms. The third-order valence-electron chi connectivity index (χ3n) is 4.14. The van der Waals surface area contributed by atoms with E-state index >= 15 is 0 Å². The maximum absolute atomic E-state index is 12.6. The van der Waals surface area contributed by atoms with E-state index in [0.717, 1.165) is 34.5 Å². The third kappa shape index (κ3) is 4.13. The number of nitrogens with one attached hydrogen (secondary N) is 1. The zero-order valence-electron chi connectivity index (χ0n) is 14.3. The van der Waals surface area contributed by atoms with Crippen LogP contribution in [0.1, 0.15) is 37.0 Å². The standard InChI is InChI=1S/C20H25NO2/c1-5-16-11-7-8-12-17(16)21-20(22)18(6-2)23-19-13-9-10-14(3)15(19)4/h7-13,18H,5-6H2,1-4H3,(H,21,22). The summed E-state index contributed by atoms with van der Waals surface area (Å²) in [5, 5.41) is 3.00. The van der Waals surface area contributed by atoms with Gasteiger partial charge < -0.3 is 10.1 Å². The Morgan fingerprint density at radius 2 is 1.83 bits per heavy atom. The molecule has 2 aromatic carbocycles. The van der Waals surface area contributed by atoms with Crippen molar-refractivity contribution in [1.29, 1.82) is 0 Å². The van der Waals surface area contributed by atoms with E-state index in [1.54, 1.807) is 0 Å². The van der Waals surface area contributed by atoms with Crippen molar-refractivity contribution in [3.63, 3.8) is 0 Å². The van der Waals surface area contributed by atoms with Gasteiger partial charge in [0.1, 0.15) is 5.75 Å². The van der Waals surface area contributed by atoms with Crippen LogP contribution in [0.3, 0.4) is 0 Å². The summed E-state index contributed by atoms with van der Waals surface area (Å²) in [7, 11) is 0. The van der Waals surface area contributed by atoms with Gasteiger partial charge in [-0.25, -0.2) is 0 Å². The molecule has 0 aliphatic carbocycles. The lowest BCUT2D eigenvalue weighted by atomic mass is 10.1. The van der Waals surface area contributed by atoms with Crippen molar-refractivity contribution < 1.29 is 9.53 Å². The van der Waals surface area contributed by atoms with Gasteiger partial charge in [-0.3, -0.25) is 4.79 Å². The van der Waals surface area contributed by atoms with E-state index in [0.29, 0.717) is 6.42 Å². The molecule has 2 rings (SSSR count). The number of hydrogen-bond donors (Lipinski definition) is 1. The van der Waals surface area contributed by atoms with Crippen LogP contribution in [0.2, 0.25) is 0 Å². The summed E-state index contributed by atoms with van der Waals surface area (Å²) in [5.74, 6) is 0.671. The zero-order valence-corrected chi connectivity index (χ0v) is 14.3. The molecule has 0 aliphatic rings. The topological polar surface area (TPSA) is 38.3 Å². The molecule has 0 saturated heterocycles. The van der Waals surface area contributed by atoms with E-state index in [9.17, 15) is 4.79 Å². The minimum Gasteiger partial charge on any atom is -0.480 e. The molecule has 0 fully saturated rings. The number of ether oxygens (including phenoxy) is 1. The van der Waals surface area contributed by atoms with Gasteiger partial charge >= 0.3 is 0 Å². The molecule has 0 saturated carbocycles. The predicted octanol–water partition coefficient (Wildman–Crippen LogP) is 4.66. The van der Waals surface area contributed by atoms with Gasteiger partial charge in [0.25, 0.3) is 5.91 Å². The quantitative estimate of drug-likeness (QED) is 0.842. The van der Waals surface area contributed by atoms with Crippen LogP contribution in [-0.2, 0) is 11.2 Å². The summed E-state index contributed by atoms with van der Waals surface area (Å²) < 4.78 is 5.97. The molecule has 0 heterocycles. The van der Waals surface area contributed by atoms with Gasteiger partial charge in [-0.15, -0.1) is 0 Å². The number of aryl methyl sites for hydroxylation is 2. The van der Waals surface area contributed by atoms with Crippen molar-refractivity contribution in [3.8, 4) is 5.75 Å². The highest BCUT2D eigenvalue weighted by Crippen LogP contribution is 2.23. The molecule has 0 radical (unpaired) electrons. The van der Waals surface area contributed by atoms with Gasteiger partial charge in [0.15, 0.2) is 6.10 Å². The molecule has 2 aromatic rings. The number of carbonyl (C=O) groups excluding carboxylic acids is 1. The van der Waals surface area contributed by atoms with E-state index in [2.05, 4.69) is 12.2 Å². The smallest absolute Gasteiger partial charge is 0.265 e. The molecule has 0 aliphatic heterocycles. The highest BCUT2D eigenvalue weighted by molar-refractivity contribution is 5.95. The van der Waals surface area contributed by atoms with Crippen LogP contribution < -0.4 is 10.1 Å². The Kier molecular flexibility index (Phi) is 5.80. The Morgan fingerprint density at radius 3 is 2.52 bits per heavy atom. The fourth-order valence-electron chi connectivity index (χ4n) is 2.49. The number of hydrogen-bond acceptors (Lipinski definition) is 2. The van der Waals surface area contributed by atoms with E-state index in [4.69, 9.17) is 4.74 Å². The van der Waals surface area contributed by atoms with E-state index in [-0.39, 0.29) is 5.91 Å². The molecule has 1 atom stereocenters. The lowest BCUT2D eigenvalue weighted by molar-refractivity contribution is -0.122. The monoisotopic (exact) mass is 311 g/mol. The van der Waals surface area contributed by atoms with Crippen molar-refractivity contribution in [3.05, 3.63) is 59.2 Å². The van der Waals surface area contributed by atoms with Crippen LogP contribution in [0.5, 0.6) is 5.75 Å². The minimum atomic E-state index is -0.500. The van der Waals surface area contributed by atoms with E-state index in [1.165, 1.54) is 0 Å². The minimum absolute atomic E-state index is 0.102. The second kappa shape index (κ2) is 7.82. The first-order chi connectivity index (χ1) is 11.1. The molecular formula is C20H25NO2. The Balaban J connectivity index is 2.14. The molecule has 1 unspecified atom stereocenters. The summed E-state index contributed by atoms with van der Waals surface area (Å²) in [6.45, 7) is 8.10. The fraction of sp³-hybridized carbons (Fsp3) is 0.350. The van der Waals surface area contributed by atoms with Gasteiger partial charge in [0.2, 0.25) is 0 Å². The number of rotatable bonds is 6. The largest absolute Gasteiger partial charge is 0.480 e. The van der Waals surface area contributed by atoms with Crippen molar-refractivity contribution >= 4 is 11.6 Å². The molecule has 0 aromatic heterocycles. The second-order valence-corrected chi connectivity index (χ2v) is 5.71. The van der Waals surface area contributed by atoms with Crippen LogP contribution in [0.4, 0.5) is 5.69 Å². The molecule has 23 heavy (non-hydrogen) atoms. The molecular weight excluding hydrogens is 286 g/mol. The van der Waals surface area contributed by atoms with Crippen LogP contribution in [0, 0.1) is 13.8 Å². The van der Waals surface area contributed by atoms with Crippen molar-refractivity contribution in [2.24, 2.45) is 0 Å². The van der Waals surface area contributed by atoms with E-state index < -0.39 is 6.10 Å². The van der Waals surface area contributed by atoms with Crippen LogP contribution >= 0.6 is 0 Å². The highest BCUT2D eigenvalue weighted by Gasteiger charge is 2.20. The molecule has 1 amide bonds. The third-order valence-corrected chi connectivity index (χ3v) is 4.14.